The number of hydrogen-bond acceptors (Lipinski definition) is 2. The molecule has 1 aromatic heterocycles. The highest BCUT2D eigenvalue weighted by Crippen LogP contribution is 2.22. The zero-order chi connectivity index (χ0) is 16.5. The molecule has 4 nitrogen and oxygen atoms in total. The number of rotatable bonds is 4. The molecule has 22 heavy (non-hydrogen) atoms. The third-order valence-electron chi connectivity index (χ3n) is 3.90. The molecule has 0 radical (unpaired) electrons. The summed E-state index contributed by atoms with van der Waals surface area (Å²) in [5, 5.41) is 2.99. The van der Waals surface area contributed by atoms with E-state index < -0.39 is 5.54 Å². The van der Waals surface area contributed by atoms with Crippen LogP contribution in [0.1, 0.15) is 41.2 Å². The summed E-state index contributed by atoms with van der Waals surface area (Å²) in [6, 6.07) is 10.2. The molecular formula is C18H25N3O. The number of carbonyl (C=O) groups is 1. The maximum Gasteiger partial charge on any atom is 0.253 e. The summed E-state index contributed by atoms with van der Waals surface area (Å²) in [4.78, 5) is 12.5. The summed E-state index contributed by atoms with van der Waals surface area (Å²) in [5.74, 6) is -0.0811. The molecule has 3 N–H and O–H groups in total. The van der Waals surface area contributed by atoms with E-state index in [0.29, 0.717) is 12.1 Å². The quantitative estimate of drug-likeness (QED) is 0.912. The van der Waals surface area contributed by atoms with Crippen molar-refractivity contribution < 1.29 is 4.79 Å². The van der Waals surface area contributed by atoms with Crippen LogP contribution < -0.4 is 11.1 Å². The van der Waals surface area contributed by atoms with Crippen LogP contribution in [0, 0.1) is 20.8 Å². The number of amides is 1. The molecule has 2 rings (SSSR count). The maximum absolute atomic E-state index is 12.5. The molecule has 0 atom stereocenters. The standard InChI is InChI=1S/C18H25N3O/c1-12-7-6-8-15(9-12)21-13(2)10-16(14(21)3)17(22)20-18(4,5)11-19/h6-10H,11,19H2,1-5H3,(H,20,22). The topological polar surface area (TPSA) is 60.0 Å². The minimum atomic E-state index is -0.414. The molecular weight excluding hydrogens is 274 g/mol. The summed E-state index contributed by atoms with van der Waals surface area (Å²) >= 11 is 0. The predicted octanol–water partition coefficient (Wildman–Crippen LogP) is 2.87. The smallest absolute Gasteiger partial charge is 0.253 e. The fraction of sp³-hybridized carbons (Fsp3) is 0.389. The van der Waals surface area contributed by atoms with Crippen LogP contribution in [-0.4, -0.2) is 22.6 Å². The van der Waals surface area contributed by atoms with Crippen molar-refractivity contribution in [1.82, 2.24) is 9.88 Å². The molecule has 0 spiro atoms. The second kappa shape index (κ2) is 5.97. The number of hydrogen-bond donors (Lipinski definition) is 2. The molecule has 0 bridgehead atoms. The minimum Gasteiger partial charge on any atom is -0.346 e. The molecule has 1 amide bonds. The maximum atomic E-state index is 12.5. The number of aromatic nitrogens is 1. The third-order valence-corrected chi connectivity index (χ3v) is 3.90. The van der Waals surface area contributed by atoms with Gasteiger partial charge in [-0.25, -0.2) is 0 Å². The Balaban J connectivity index is 2.41. The number of nitrogens with one attached hydrogen (secondary N) is 1. The van der Waals surface area contributed by atoms with Gasteiger partial charge in [0.2, 0.25) is 0 Å². The van der Waals surface area contributed by atoms with E-state index in [1.54, 1.807) is 0 Å². The fourth-order valence-corrected chi connectivity index (χ4v) is 2.58. The SMILES string of the molecule is Cc1cccc(-n2c(C)cc(C(=O)NC(C)(C)CN)c2C)c1. The molecule has 0 aliphatic carbocycles. The third kappa shape index (κ3) is 3.22. The highest BCUT2D eigenvalue weighted by Gasteiger charge is 2.22. The monoisotopic (exact) mass is 299 g/mol. The molecule has 0 saturated carbocycles. The van der Waals surface area contributed by atoms with E-state index in [1.165, 1.54) is 5.56 Å². The second-order valence-corrected chi connectivity index (χ2v) is 6.50. The molecule has 0 aliphatic heterocycles. The van der Waals surface area contributed by atoms with Crippen molar-refractivity contribution in [3.05, 3.63) is 52.8 Å². The van der Waals surface area contributed by atoms with Gasteiger partial charge in [0.1, 0.15) is 0 Å². The largest absolute Gasteiger partial charge is 0.346 e. The van der Waals surface area contributed by atoms with Crippen molar-refractivity contribution in [3.8, 4) is 5.69 Å². The van der Waals surface area contributed by atoms with E-state index in [0.717, 1.165) is 17.1 Å². The van der Waals surface area contributed by atoms with Gasteiger partial charge >= 0.3 is 0 Å². The van der Waals surface area contributed by atoms with E-state index in [1.807, 2.05) is 39.8 Å². The number of nitrogens with zero attached hydrogens (tertiary/aromatic N) is 1. The van der Waals surface area contributed by atoms with E-state index in [4.69, 9.17) is 5.73 Å². The number of benzene rings is 1. The van der Waals surface area contributed by atoms with Crippen LogP contribution >= 0.6 is 0 Å². The van der Waals surface area contributed by atoms with Crippen LogP contribution in [0.25, 0.3) is 5.69 Å². The second-order valence-electron chi connectivity index (χ2n) is 6.50. The van der Waals surface area contributed by atoms with Crippen LogP contribution in [0.5, 0.6) is 0 Å². The van der Waals surface area contributed by atoms with Crippen LogP contribution in [0.15, 0.2) is 30.3 Å². The molecule has 4 heteroatoms. The molecule has 0 fully saturated rings. The highest BCUT2D eigenvalue weighted by molar-refractivity contribution is 5.96. The van der Waals surface area contributed by atoms with Gasteiger partial charge in [0, 0.05) is 29.2 Å². The van der Waals surface area contributed by atoms with Crippen molar-refractivity contribution >= 4 is 5.91 Å². The summed E-state index contributed by atoms with van der Waals surface area (Å²) in [6.07, 6.45) is 0. The van der Waals surface area contributed by atoms with Gasteiger partial charge in [-0.3, -0.25) is 4.79 Å². The Kier molecular flexibility index (Phi) is 4.42. The average molecular weight is 299 g/mol. The molecule has 1 heterocycles. The molecule has 2 aromatic rings. The summed E-state index contributed by atoms with van der Waals surface area (Å²) in [6.45, 7) is 10.3. The molecule has 0 saturated heterocycles. The van der Waals surface area contributed by atoms with Crippen LogP contribution in [0.4, 0.5) is 0 Å². The first-order valence-corrected chi connectivity index (χ1v) is 7.54. The lowest BCUT2D eigenvalue weighted by Gasteiger charge is -2.24. The minimum absolute atomic E-state index is 0.0811. The van der Waals surface area contributed by atoms with Gasteiger partial charge in [-0.05, 0) is 58.4 Å². The first kappa shape index (κ1) is 16.3. The zero-order valence-electron chi connectivity index (χ0n) is 14.0. The first-order chi connectivity index (χ1) is 10.2. The Morgan fingerprint density at radius 1 is 1.23 bits per heavy atom. The van der Waals surface area contributed by atoms with Gasteiger partial charge in [-0.15, -0.1) is 0 Å². The lowest BCUT2D eigenvalue weighted by molar-refractivity contribution is 0.0915. The van der Waals surface area contributed by atoms with E-state index >= 15 is 0 Å². The highest BCUT2D eigenvalue weighted by atomic mass is 16.1. The van der Waals surface area contributed by atoms with Crippen LogP contribution in [0.2, 0.25) is 0 Å². The predicted molar refractivity (Wildman–Crippen MR) is 90.6 cm³/mol. The fourth-order valence-electron chi connectivity index (χ4n) is 2.58. The van der Waals surface area contributed by atoms with Crippen molar-refractivity contribution in [2.45, 2.75) is 40.2 Å². The first-order valence-electron chi connectivity index (χ1n) is 7.54. The van der Waals surface area contributed by atoms with E-state index in [-0.39, 0.29) is 5.91 Å². The lowest BCUT2D eigenvalue weighted by Crippen LogP contribution is -2.48. The van der Waals surface area contributed by atoms with Crippen molar-refractivity contribution in [2.75, 3.05) is 6.54 Å². The Bertz CT molecular complexity index is 698. The van der Waals surface area contributed by atoms with Crippen molar-refractivity contribution in [2.24, 2.45) is 5.73 Å². The Morgan fingerprint density at radius 3 is 2.50 bits per heavy atom. The van der Waals surface area contributed by atoms with Gasteiger partial charge in [0.25, 0.3) is 5.91 Å². The van der Waals surface area contributed by atoms with Crippen molar-refractivity contribution in [3.63, 3.8) is 0 Å². The number of nitrogens with two attached hydrogens (primary N) is 1. The Morgan fingerprint density at radius 2 is 1.91 bits per heavy atom. The summed E-state index contributed by atoms with van der Waals surface area (Å²) < 4.78 is 2.11. The Hall–Kier alpha value is -2.07. The van der Waals surface area contributed by atoms with E-state index in [9.17, 15) is 4.79 Å². The zero-order valence-corrected chi connectivity index (χ0v) is 14.0. The lowest BCUT2D eigenvalue weighted by atomic mass is 10.1. The van der Waals surface area contributed by atoms with Gasteiger partial charge in [0.15, 0.2) is 0 Å². The van der Waals surface area contributed by atoms with Gasteiger partial charge in [0.05, 0.1) is 5.56 Å². The van der Waals surface area contributed by atoms with E-state index in [2.05, 4.69) is 35.0 Å². The van der Waals surface area contributed by atoms with Gasteiger partial charge in [-0.2, -0.15) is 0 Å². The summed E-state index contributed by atoms with van der Waals surface area (Å²) in [7, 11) is 0. The number of carbonyl (C=O) groups excluding carboxylic acids is 1. The van der Waals surface area contributed by atoms with Crippen molar-refractivity contribution in [1.29, 1.82) is 0 Å². The van der Waals surface area contributed by atoms with Crippen LogP contribution in [-0.2, 0) is 0 Å². The van der Waals surface area contributed by atoms with Gasteiger partial charge in [-0.1, -0.05) is 12.1 Å². The average Bonchev–Trinajstić information content (AvgIpc) is 2.73. The van der Waals surface area contributed by atoms with Gasteiger partial charge < -0.3 is 15.6 Å². The molecule has 118 valence electrons. The summed E-state index contributed by atoms with van der Waals surface area (Å²) in [5.41, 5.74) is 10.2. The molecule has 0 aliphatic rings. The normalized spacial score (nSPS) is 11.5. The Labute approximate surface area is 132 Å². The number of aryl methyl sites for hydroxylation is 2. The molecule has 1 aromatic carbocycles. The molecule has 0 unspecified atom stereocenters. The van der Waals surface area contributed by atoms with Crippen LogP contribution in [0.3, 0.4) is 0 Å².